The molecule has 0 spiro atoms. The number of nitrogens with zero attached hydrogens (tertiary/aromatic N) is 2. The van der Waals surface area contributed by atoms with Gasteiger partial charge in [0, 0.05) is 17.1 Å². The van der Waals surface area contributed by atoms with Gasteiger partial charge in [0.2, 0.25) is 5.78 Å². The minimum atomic E-state index is -2.68. The van der Waals surface area contributed by atoms with Gasteiger partial charge in [-0.25, -0.2) is 0 Å². The van der Waals surface area contributed by atoms with Crippen LogP contribution < -0.4 is 5.73 Å². The Morgan fingerprint density at radius 1 is 1.24 bits per heavy atom. The Morgan fingerprint density at radius 3 is 2.46 bits per heavy atom. The first-order valence-electron chi connectivity index (χ1n) is 13.6. The molecule has 222 valence electrons. The van der Waals surface area contributed by atoms with Crippen molar-refractivity contribution in [3.63, 3.8) is 0 Å². The summed E-state index contributed by atoms with van der Waals surface area (Å²) in [5.41, 5.74) is 3.48. The van der Waals surface area contributed by atoms with Crippen LogP contribution in [0.3, 0.4) is 0 Å². The van der Waals surface area contributed by atoms with Crippen LogP contribution in [0.4, 0.5) is 0 Å². The number of amides is 1. The van der Waals surface area contributed by atoms with Crippen molar-refractivity contribution in [2.24, 2.45) is 28.1 Å². The van der Waals surface area contributed by atoms with Crippen LogP contribution in [-0.4, -0.2) is 81.9 Å². The number of phenolic OH excluding ortho intramolecular Hbond substituents is 1. The standard InChI is InChI=1S/C30H39N3O8/c1-29(2,3)9-7-8-14-10-16(13-32-41-6)17-11-15-12-18-22(33(4)5)25(36)21(28(31)39)27(38)30(18,40)26(37)19(15)24(35)20(17)23(14)34/h10,13,15,18,22,34-35,38,40H,7-9,11-12H2,1-6H3,(H2,31,39)/b32-13+/t15-,18-,22+,30-/m0/s1. The predicted octanol–water partition coefficient (Wildman–Crippen LogP) is 2.31. The molecule has 3 aliphatic rings. The molecule has 1 saturated carbocycles. The zero-order chi connectivity index (χ0) is 30.6. The van der Waals surface area contributed by atoms with Crippen LogP contribution >= 0.6 is 0 Å². The number of aromatic hydroxyl groups is 1. The Balaban J connectivity index is 1.92. The number of carbonyl (C=O) groups excluding carboxylic acids is 3. The molecular formula is C30H39N3O8. The number of likely N-dealkylation sites (N-methyl/N-ethyl adjacent to an activating group) is 1. The maximum absolute atomic E-state index is 14.1. The molecule has 4 atom stereocenters. The highest BCUT2D eigenvalue weighted by Gasteiger charge is 2.64. The average molecular weight is 570 g/mol. The molecule has 11 nitrogen and oxygen atoms in total. The molecule has 0 aromatic heterocycles. The first-order chi connectivity index (χ1) is 19.1. The van der Waals surface area contributed by atoms with Gasteiger partial charge in [0.05, 0.1) is 17.8 Å². The SMILES string of the molecule is CO/N=C/c1cc(CCCC(C)(C)C)c(O)c2c1C[C@H]1C[C@H]3[C@@H](N(C)C)C(=O)C(C(N)=O)=C(O)[C@@]3(O)C(=O)C1=C2O. The summed E-state index contributed by atoms with van der Waals surface area (Å²) in [6, 6.07) is 0.652. The van der Waals surface area contributed by atoms with Gasteiger partial charge < -0.3 is 31.0 Å². The van der Waals surface area contributed by atoms with Gasteiger partial charge in [-0.15, -0.1) is 0 Å². The molecule has 0 radical (unpaired) electrons. The number of primary amides is 1. The summed E-state index contributed by atoms with van der Waals surface area (Å²) in [6.45, 7) is 6.35. The predicted molar refractivity (Wildman–Crippen MR) is 151 cm³/mol. The number of benzene rings is 1. The summed E-state index contributed by atoms with van der Waals surface area (Å²) >= 11 is 0. The Labute approximate surface area is 239 Å². The zero-order valence-electron chi connectivity index (χ0n) is 24.3. The number of nitrogens with two attached hydrogens (primary N) is 1. The number of hydrogen-bond acceptors (Lipinski definition) is 10. The van der Waals surface area contributed by atoms with Crippen molar-refractivity contribution in [3.05, 3.63) is 45.2 Å². The average Bonchev–Trinajstić information content (AvgIpc) is 2.85. The number of carbonyl (C=O) groups is 3. The number of aliphatic hydroxyl groups excluding tert-OH is 2. The Morgan fingerprint density at radius 2 is 1.90 bits per heavy atom. The molecule has 6 N–H and O–H groups in total. The van der Waals surface area contributed by atoms with Crippen LogP contribution in [-0.2, 0) is 32.1 Å². The molecule has 0 unspecified atom stereocenters. The number of aliphatic hydroxyl groups is 3. The highest BCUT2D eigenvalue weighted by atomic mass is 16.6. The van der Waals surface area contributed by atoms with Gasteiger partial charge in [0.15, 0.2) is 11.4 Å². The van der Waals surface area contributed by atoms with Gasteiger partial charge in [0.1, 0.15) is 30.0 Å². The summed E-state index contributed by atoms with van der Waals surface area (Å²) in [4.78, 5) is 45.8. The van der Waals surface area contributed by atoms with E-state index < -0.39 is 58.0 Å². The number of fused-ring (bicyclic) bond motifs is 3. The molecule has 4 rings (SSSR count). The zero-order valence-corrected chi connectivity index (χ0v) is 24.3. The van der Waals surface area contributed by atoms with Crippen molar-refractivity contribution in [2.45, 2.75) is 64.5 Å². The fourth-order valence-electron chi connectivity index (χ4n) is 6.62. The third-order valence-corrected chi connectivity index (χ3v) is 8.50. The highest BCUT2D eigenvalue weighted by Crippen LogP contribution is 2.53. The minimum absolute atomic E-state index is 0.0146. The van der Waals surface area contributed by atoms with Crippen LogP contribution in [0, 0.1) is 17.3 Å². The number of phenols is 1. The number of rotatable bonds is 7. The van der Waals surface area contributed by atoms with E-state index in [1.807, 2.05) is 0 Å². The molecule has 3 aliphatic carbocycles. The van der Waals surface area contributed by atoms with Crippen LogP contribution in [0.1, 0.15) is 62.3 Å². The largest absolute Gasteiger partial charge is 0.508 e. The molecule has 1 aromatic rings. The lowest BCUT2D eigenvalue weighted by Gasteiger charge is -2.50. The Kier molecular flexibility index (Phi) is 7.83. The van der Waals surface area contributed by atoms with Crippen LogP contribution in [0.25, 0.3) is 5.76 Å². The Hall–Kier alpha value is -3.70. The van der Waals surface area contributed by atoms with E-state index in [2.05, 4.69) is 25.9 Å². The van der Waals surface area contributed by atoms with Gasteiger partial charge in [-0.1, -0.05) is 25.9 Å². The van der Waals surface area contributed by atoms with Crippen molar-refractivity contribution in [2.75, 3.05) is 21.2 Å². The van der Waals surface area contributed by atoms with Crippen LogP contribution in [0.15, 0.2) is 28.1 Å². The molecule has 0 heterocycles. The fourth-order valence-corrected chi connectivity index (χ4v) is 6.62. The molecule has 1 aromatic carbocycles. The summed E-state index contributed by atoms with van der Waals surface area (Å²) in [6.07, 6.45) is 3.80. The molecule has 1 amide bonds. The third-order valence-electron chi connectivity index (χ3n) is 8.50. The maximum atomic E-state index is 14.1. The van der Waals surface area contributed by atoms with Crippen LogP contribution in [0.2, 0.25) is 0 Å². The summed E-state index contributed by atoms with van der Waals surface area (Å²) in [5.74, 6) is -6.72. The van der Waals surface area contributed by atoms with Gasteiger partial charge >= 0.3 is 0 Å². The molecular weight excluding hydrogens is 530 g/mol. The topological polar surface area (TPSA) is 183 Å². The summed E-state index contributed by atoms with van der Waals surface area (Å²) in [7, 11) is 4.52. The third kappa shape index (κ3) is 4.91. The second-order valence-corrected chi connectivity index (χ2v) is 12.6. The van der Waals surface area contributed by atoms with E-state index in [0.717, 1.165) is 12.8 Å². The van der Waals surface area contributed by atoms with Crippen molar-refractivity contribution in [1.82, 2.24) is 4.90 Å². The summed E-state index contributed by atoms with van der Waals surface area (Å²) in [5, 5.41) is 49.6. The van der Waals surface area contributed by atoms with Crippen molar-refractivity contribution < 1.29 is 39.6 Å². The lowest BCUT2D eigenvalue weighted by Crippen LogP contribution is -2.65. The normalized spacial score (nSPS) is 26.4. The molecule has 41 heavy (non-hydrogen) atoms. The number of aryl methyl sites for hydroxylation is 1. The maximum Gasteiger partial charge on any atom is 0.255 e. The number of ketones is 2. The molecule has 0 saturated heterocycles. The molecule has 1 fully saturated rings. The van der Waals surface area contributed by atoms with E-state index in [0.29, 0.717) is 23.1 Å². The number of Topliss-reactive ketones (excluding diaryl/α,β-unsaturated/α-hetero) is 2. The molecule has 11 heteroatoms. The molecule has 0 aliphatic heterocycles. The fraction of sp³-hybridized carbons (Fsp3) is 0.533. The van der Waals surface area contributed by atoms with E-state index in [9.17, 15) is 34.8 Å². The van der Waals surface area contributed by atoms with E-state index in [4.69, 9.17) is 10.6 Å². The molecule has 0 bridgehead atoms. The lowest BCUT2D eigenvalue weighted by molar-refractivity contribution is -0.153. The highest BCUT2D eigenvalue weighted by molar-refractivity contribution is 6.24. The van der Waals surface area contributed by atoms with Gasteiger partial charge in [-0.05, 0) is 74.7 Å². The minimum Gasteiger partial charge on any atom is -0.508 e. The van der Waals surface area contributed by atoms with E-state index in [1.54, 1.807) is 20.2 Å². The second-order valence-electron chi connectivity index (χ2n) is 12.6. The van der Waals surface area contributed by atoms with Crippen molar-refractivity contribution >= 4 is 29.4 Å². The second kappa shape index (κ2) is 10.6. The summed E-state index contributed by atoms with van der Waals surface area (Å²) < 4.78 is 0. The first kappa shape index (κ1) is 30.3. The van der Waals surface area contributed by atoms with Crippen molar-refractivity contribution in [1.29, 1.82) is 0 Å². The monoisotopic (exact) mass is 569 g/mol. The van der Waals surface area contributed by atoms with Crippen molar-refractivity contribution in [3.8, 4) is 5.75 Å². The van der Waals surface area contributed by atoms with Gasteiger partial charge in [-0.3, -0.25) is 19.3 Å². The van der Waals surface area contributed by atoms with Crippen LogP contribution in [0.5, 0.6) is 5.75 Å². The van der Waals surface area contributed by atoms with Gasteiger partial charge in [0.25, 0.3) is 5.91 Å². The number of oxime groups is 1. The van der Waals surface area contributed by atoms with E-state index >= 15 is 0 Å². The quantitative estimate of drug-likeness (QED) is 0.187. The first-order valence-corrected chi connectivity index (χ1v) is 13.6. The number of hydrogen-bond donors (Lipinski definition) is 5. The Bertz CT molecular complexity index is 1400. The van der Waals surface area contributed by atoms with E-state index in [-0.39, 0.29) is 35.1 Å². The van der Waals surface area contributed by atoms with Gasteiger partial charge in [-0.2, -0.15) is 0 Å². The van der Waals surface area contributed by atoms with E-state index in [1.165, 1.54) is 18.2 Å². The smallest absolute Gasteiger partial charge is 0.255 e. The lowest BCUT2D eigenvalue weighted by atomic mass is 9.57.